The summed E-state index contributed by atoms with van der Waals surface area (Å²) in [6.45, 7) is -0.0792. The predicted molar refractivity (Wildman–Crippen MR) is 66.6 cm³/mol. The molecule has 84 valence electrons. The highest BCUT2D eigenvalue weighted by molar-refractivity contribution is 7.17. The van der Waals surface area contributed by atoms with Crippen LogP contribution in [0.5, 0.6) is 0 Å². The molecule has 5 heteroatoms. The van der Waals surface area contributed by atoms with E-state index < -0.39 is 0 Å². The fourth-order valence-corrected chi connectivity index (χ4v) is 2.37. The lowest BCUT2D eigenvalue weighted by atomic mass is 10.2. The van der Waals surface area contributed by atoms with E-state index in [1.165, 1.54) is 0 Å². The zero-order valence-corrected chi connectivity index (χ0v) is 9.68. The molecule has 17 heavy (non-hydrogen) atoms. The molecular formula is C12H9N3OS. The molecule has 3 rings (SSSR count). The topological polar surface area (TPSA) is 58.9 Å². The van der Waals surface area contributed by atoms with Gasteiger partial charge in [0, 0.05) is 18.0 Å². The van der Waals surface area contributed by atoms with Gasteiger partial charge in [-0.2, -0.15) is 0 Å². The summed E-state index contributed by atoms with van der Waals surface area (Å²) in [5.41, 5.74) is 2.47. The molecule has 0 aliphatic rings. The second-order valence-electron chi connectivity index (χ2n) is 3.56. The predicted octanol–water partition coefficient (Wildman–Crippen LogP) is 2.25. The number of aromatic nitrogens is 3. The van der Waals surface area contributed by atoms with Crippen molar-refractivity contribution in [2.75, 3.05) is 0 Å². The van der Waals surface area contributed by atoms with Crippen molar-refractivity contribution < 1.29 is 5.11 Å². The lowest BCUT2D eigenvalue weighted by molar-refractivity contribution is 0.277. The third kappa shape index (κ3) is 1.90. The standard InChI is InChI=1S/C12H9N3OS/c16-7-9-1-3-13-12(15-9)8-5-11-10(14-6-8)2-4-17-11/h1-6,16H,7H2. The van der Waals surface area contributed by atoms with Gasteiger partial charge in [-0.05, 0) is 23.6 Å². The minimum absolute atomic E-state index is 0.0792. The molecule has 0 fully saturated rings. The monoisotopic (exact) mass is 243 g/mol. The van der Waals surface area contributed by atoms with Crippen LogP contribution < -0.4 is 0 Å². The maximum absolute atomic E-state index is 9.04. The van der Waals surface area contributed by atoms with Gasteiger partial charge in [-0.3, -0.25) is 4.98 Å². The Bertz CT molecular complexity index is 665. The van der Waals surface area contributed by atoms with Crippen molar-refractivity contribution in [3.05, 3.63) is 41.7 Å². The first-order valence-electron chi connectivity index (χ1n) is 5.13. The number of aliphatic hydroxyl groups excluding tert-OH is 1. The summed E-state index contributed by atoms with van der Waals surface area (Å²) >= 11 is 1.64. The molecule has 4 nitrogen and oxygen atoms in total. The molecule has 0 saturated carbocycles. The molecule has 3 aromatic rings. The van der Waals surface area contributed by atoms with Crippen molar-refractivity contribution >= 4 is 21.6 Å². The lowest BCUT2D eigenvalue weighted by Crippen LogP contribution is -1.94. The van der Waals surface area contributed by atoms with E-state index in [2.05, 4.69) is 15.0 Å². The fourth-order valence-electron chi connectivity index (χ4n) is 1.59. The number of hydrogen-bond acceptors (Lipinski definition) is 5. The molecule has 0 bridgehead atoms. The first kappa shape index (κ1) is 10.3. The van der Waals surface area contributed by atoms with Crippen molar-refractivity contribution in [2.45, 2.75) is 6.61 Å². The summed E-state index contributed by atoms with van der Waals surface area (Å²) in [5, 5.41) is 11.1. The number of pyridine rings is 1. The van der Waals surface area contributed by atoms with Gasteiger partial charge >= 0.3 is 0 Å². The fraction of sp³-hybridized carbons (Fsp3) is 0.0833. The van der Waals surface area contributed by atoms with E-state index in [1.807, 2.05) is 17.5 Å². The van der Waals surface area contributed by atoms with Gasteiger partial charge in [0.1, 0.15) is 0 Å². The smallest absolute Gasteiger partial charge is 0.161 e. The minimum Gasteiger partial charge on any atom is -0.390 e. The molecule has 0 atom stereocenters. The summed E-state index contributed by atoms with van der Waals surface area (Å²) in [6, 6.07) is 5.69. The molecule has 0 amide bonds. The third-order valence-electron chi connectivity index (χ3n) is 2.44. The van der Waals surface area contributed by atoms with E-state index >= 15 is 0 Å². The summed E-state index contributed by atoms with van der Waals surface area (Å²) in [4.78, 5) is 12.8. The van der Waals surface area contributed by atoms with Crippen LogP contribution in [0, 0.1) is 0 Å². The lowest BCUT2D eigenvalue weighted by Gasteiger charge is -2.01. The highest BCUT2D eigenvalue weighted by Crippen LogP contribution is 2.23. The first-order chi connectivity index (χ1) is 8.36. The van der Waals surface area contributed by atoms with Crippen molar-refractivity contribution in [2.24, 2.45) is 0 Å². The van der Waals surface area contributed by atoms with Crippen LogP contribution in [0.25, 0.3) is 21.6 Å². The number of rotatable bonds is 2. The van der Waals surface area contributed by atoms with Crippen molar-refractivity contribution in [1.29, 1.82) is 0 Å². The number of hydrogen-bond donors (Lipinski definition) is 1. The average Bonchev–Trinajstić information content (AvgIpc) is 2.86. The van der Waals surface area contributed by atoms with Crippen molar-refractivity contribution in [1.82, 2.24) is 15.0 Å². The Hall–Kier alpha value is -1.85. The SMILES string of the molecule is OCc1ccnc(-c2cnc3ccsc3c2)n1. The molecule has 3 heterocycles. The number of thiophene rings is 1. The van der Waals surface area contributed by atoms with Crippen molar-refractivity contribution in [3.63, 3.8) is 0 Å². The summed E-state index contributed by atoms with van der Waals surface area (Å²) in [7, 11) is 0. The minimum atomic E-state index is -0.0792. The highest BCUT2D eigenvalue weighted by atomic mass is 32.1. The van der Waals surface area contributed by atoms with E-state index in [9.17, 15) is 0 Å². The Morgan fingerprint density at radius 3 is 3.06 bits per heavy atom. The molecule has 1 N–H and O–H groups in total. The van der Waals surface area contributed by atoms with Crippen LogP contribution in [0.15, 0.2) is 36.0 Å². The van der Waals surface area contributed by atoms with Crippen LogP contribution in [0.3, 0.4) is 0 Å². The highest BCUT2D eigenvalue weighted by Gasteiger charge is 2.05. The summed E-state index contributed by atoms with van der Waals surface area (Å²) in [5.74, 6) is 0.597. The second-order valence-corrected chi connectivity index (χ2v) is 4.51. The molecular weight excluding hydrogens is 234 g/mol. The van der Waals surface area contributed by atoms with E-state index in [-0.39, 0.29) is 6.61 Å². The zero-order valence-electron chi connectivity index (χ0n) is 8.87. The van der Waals surface area contributed by atoms with Gasteiger partial charge in [0.2, 0.25) is 0 Å². The largest absolute Gasteiger partial charge is 0.390 e. The van der Waals surface area contributed by atoms with Gasteiger partial charge in [-0.25, -0.2) is 9.97 Å². The normalized spacial score (nSPS) is 10.9. The Morgan fingerprint density at radius 2 is 2.18 bits per heavy atom. The Balaban J connectivity index is 2.12. The van der Waals surface area contributed by atoms with Gasteiger partial charge in [-0.1, -0.05) is 0 Å². The molecule has 0 aliphatic heterocycles. The van der Waals surface area contributed by atoms with Crippen LogP contribution in [0.1, 0.15) is 5.69 Å². The van der Waals surface area contributed by atoms with E-state index in [4.69, 9.17) is 5.11 Å². The Kier molecular flexibility index (Phi) is 2.55. The van der Waals surface area contributed by atoms with Crippen LogP contribution in [0.4, 0.5) is 0 Å². The van der Waals surface area contributed by atoms with Crippen LogP contribution in [0.2, 0.25) is 0 Å². The summed E-state index contributed by atoms with van der Waals surface area (Å²) < 4.78 is 1.11. The van der Waals surface area contributed by atoms with E-state index in [0.29, 0.717) is 11.5 Å². The molecule has 0 spiro atoms. The molecule has 3 aromatic heterocycles. The summed E-state index contributed by atoms with van der Waals surface area (Å²) in [6.07, 6.45) is 3.40. The zero-order chi connectivity index (χ0) is 11.7. The van der Waals surface area contributed by atoms with Gasteiger partial charge < -0.3 is 5.11 Å². The molecule has 0 saturated heterocycles. The molecule has 0 aliphatic carbocycles. The maximum Gasteiger partial charge on any atom is 0.161 e. The average molecular weight is 243 g/mol. The van der Waals surface area contributed by atoms with Crippen LogP contribution in [-0.4, -0.2) is 20.1 Å². The molecule has 0 radical (unpaired) electrons. The first-order valence-corrected chi connectivity index (χ1v) is 6.01. The van der Waals surface area contributed by atoms with Gasteiger partial charge in [-0.15, -0.1) is 11.3 Å². The van der Waals surface area contributed by atoms with E-state index in [0.717, 1.165) is 15.8 Å². The second kappa shape index (κ2) is 4.20. The quantitative estimate of drug-likeness (QED) is 0.750. The number of aliphatic hydroxyl groups is 1. The molecule has 0 unspecified atom stereocenters. The van der Waals surface area contributed by atoms with Crippen LogP contribution in [-0.2, 0) is 6.61 Å². The number of fused-ring (bicyclic) bond motifs is 1. The Morgan fingerprint density at radius 1 is 1.24 bits per heavy atom. The van der Waals surface area contributed by atoms with Gasteiger partial charge in [0.05, 0.1) is 22.5 Å². The third-order valence-corrected chi connectivity index (χ3v) is 3.29. The maximum atomic E-state index is 9.04. The van der Waals surface area contributed by atoms with Gasteiger partial charge in [0.15, 0.2) is 5.82 Å². The van der Waals surface area contributed by atoms with E-state index in [1.54, 1.807) is 29.8 Å². The Labute approximate surface area is 102 Å². The number of nitrogens with zero attached hydrogens (tertiary/aromatic N) is 3. The van der Waals surface area contributed by atoms with Gasteiger partial charge in [0.25, 0.3) is 0 Å². The molecule has 0 aromatic carbocycles. The van der Waals surface area contributed by atoms with Crippen LogP contribution >= 0.6 is 11.3 Å². The van der Waals surface area contributed by atoms with Crippen molar-refractivity contribution in [3.8, 4) is 11.4 Å².